The summed E-state index contributed by atoms with van der Waals surface area (Å²) in [5.74, 6) is -1.23. The molecule has 0 aliphatic rings. The summed E-state index contributed by atoms with van der Waals surface area (Å²) in [6.07, 6.45) is 0.124. The van der Waals surface area contributed by atoms with E-state index in [1.165, 1.54) is 0 Å². The number of carbonyl (C=O) groups excluding carboxylic acids is 2. The standard InChI is InChI=1S/C14H22O8/c1-3-13(17)21-9-11(15)7-19-5-6-20-8-12(16)10-22-14(18)4-2/h3-4,11-12,15-16H,1-2,5-10H2. The Morgan fingerprint density at radius 1 is 0.818 bits per heavy atom. The van der Waals surface area contributed by atoms with E-state index in [-0.39, 0.29) is 39.6 Å². The van der Waals surface area contributed by atoms with Crippen molar-refractivity contribution in [3.05, 3.63) is 25.3 Å². The maximum absolute atomic E-state index is 10.7. The van der Waals surface area contributed by atoms with Crippen molar-refractivity contribution in [2.24, 2.45) is 0 Å². The first kappa shape index (κ1) is 20.3. The third-order valence-corrected chi connectivity index (χ3v) is 2.16. The highest BCUT2D eigenvalue weighted by Gasteiger charge is 2.08. The lowest BCUT2D eigenvalue weighted by Gasteiger charge is -2.13. The van der Waals surface area contributed by atoms with Crippen molar-refractivity contribution in [1.82, 2.24) is 0 Å². The molecule has 0 aromatic rings. The van der Waals surface area contributed by atoms with Crippen molar-refractivity contribution in [2.45, 2.75) is 12.2 Å². The van der Waals surface area contributed by atoms with Crippen LogP contribution in [0.2, 0.25) is 0 Å². The molecule has 0 bridgehead atoms. The highest BCUT2D eigenvalue weighted by atomic mass is 16.6. The molecule has 0 aromatic heterocycles. The number of hydrogen-bond acceptors (Lipinski definition) is 8. The van der Waals surface area contributed by atoms with Crippen molar-refractivity contribution in [3.8, 4) is 0 Å². The molecule has 0 aliphatic carbocycles. The van der Waals surface area contributed by atoms with Gasteiger partial charge in [-0.3, -0.25) is 0 Å². The SMILES string of the molecule is C=CC(=O)OCC(O)COCCOCC(O)COC(=O)C=C. The van der Waals surface area contributed by atoms with E-state index < -0.39 is 24.1 Å². The van der Waals surface area contributed by atoms with Crippen LogP contribution in [0.1, 0.15) is 0 Å². The molecule has 0 amide bonds. The predicted octanol–water partition coefficient (Wildman–Crippen LogP) is -0.800. The van der Waals surface area contributed by atoms with Gasteiger partial charge >= 0.3 is 11.9 Å². The molecule has 2 unspecified atom stereocenters. The zero-order valence-electron chi connectivity index (χ0n) is 12.3. The van der Waals surface area contributed by atoms with E-state index in [1.807, 2.05) is 0 Å². The number of carbonyl (C=O) groups is 2. The number of esters is 2. The Morgan fingerprint density at radius 3 is 1.50 bits per heavy atom. The lowest BCUT2D eigenvalue weighted by molar-refractivity contribution is -0.143. The second-order valence-corrected chi connectivity index (χ2v) is 4.13. The minimum absolute atomic E-state index is 0.0206. The molecule has 0 aromatic carbocycles. The Morgan fingerprint density at radius 2 is 1.18 bits per heavy atom. The molecular formula is C14H22O8. The van der Waals surface area contributed by atoms with Crippen molar-refractivity contribution < 1.29 is 38.7 Å². The largest absolute Gasteiger partial charge is 0.460 e. The fourth-order valence-corrected chi connectivity index (χ4v) is 1.13. The van der Waals surface area contributed by atoms with Gasteiger partial charge in [0.15, 0.2) is 0 Å². The topological polar surface area (TPSA) is 112 Å². The summed E-state index contributed by atoms with van der Waals surface area (Å²) in [6, 6.07) is 0. The van der Waals surface area contributed by atoms with Crippen LogP contribution in [0.15, 0.2) is 25.3 Å². The molecule has 22 heavy (non-hydrogen) atoms. The fraction of sp³-hybridized carbons (Fsp3) is 0.571. The van der Waals surface area contributed by atoms with Crippen LogP contribution >= 0.6 is 0 Å². The molecule has 0 saturated carbocycles. The number of aliphatic hydroxyl groups excluding tert-OH is 2. The van der Waals surface area contributed by atoms with Crippen LogP contribution in [0.5, 0.6) is 0 Å². The van der Waals surface area contributed by atoms with Crippen LogP contribution in [0.25, 0.3) is 0 Å². The summed E-state index contributed by atoms with van der Waals surface area (Å²) in [5.41, 5.74) is 0. The molecule has 2 N–H and O–H groups in total. The van der Waals surface area contributed by atoms with Gasteiger partial charge in [-0.05, 0) is 0 Å². The highest BCUT2D eigenvalue weighted by Crippen LogP contribution is 1.92. The van der Waals surface area contributed by atoms with Crippen molar-refractivity contribution >= 4 is 11.9 Å². The normalized spacial score (nSPS) is 13.0. The molecular weight excluding hydrogens is 296 g/mol. The van der Waals surface area contributed by atoms with Gasteiger partial charge in [0.2, 0.25) is 0 Å². The summed E-state index contributed by atoms with van der Waals surface area (Å²) >= 11 is 0. The minimum atomic E-state index is -0.937. The summed E-state index contributed by atoms with van der Waals surface area (Å²) in [7, 11) is 0. The van der Waals surface area contributed by atoms with Gasteiger partial charge in [-0.2, -0.15) is 0 Å². The van der Waals surface area contributed by atoms with Crippen LogP contribution in [-0.4, -0.2) is 74.0 Å². The molecule has 8 heteroatoms. The highest BCUT2D eigenvalue weighted by molar-refractivity contribution is 5.81. The molecule has 8 nitrogen and oxygen atoms in total. The van der Waals surface area contributed by atoms with Gasteiger partial charge in [-0.25, -0.2) is 9.59 Å². The van der Waals surface area contributed by atoms with Gasteiger partial charge in [0.1, 0.15) is 25.4 Å². The van der Waals surface area contributed by atoms with Gasteiger partial charge in [0, 0.05) is 12.2 Å². The van der Waals surface area contributed by atoms with Gasteiger partial charge in [0.05, 0.1) is 26.4 Å². The Bertz CT molecular complexity index is 321. The molecule has 0 spiro atoms. The Hall–Kier alpha value is -1.74. The van der Waals surface area contributed by atoms with Gasteiger partial charge in [-0.1, -0.05) is 13.2 Å². The summed E-state index contributed by atoms with van der Waals surface area (Å²) in [6.45, 7) is 6.41. The summed E-state index contributed by atoms with van der Waals surface area (Å²) < 4.78 is 19.4. The second-order valence-electron chi connectivity index (χ2n) is 4.13. The first-order chi connectivity index (χ1) is 10.5. The van der Waals surface area contributed by atoms with E-state index in [9.17, 15) is 19.8 Å². The van der Waals surface area contributed by atoms with Gasteiger partial charge < -0.3 is 29.2 Å². The van der Waals surface area contributed by atoms with E-state index in [2.05, 4.69) is 22.6 Å². The predicted molar refractivity (Wildman–Crippen MR) is 76.0 cm³/mol. The van der Waals surface area contributed by atoms with Crippen LogP contribution < -0.4 is 0 Å². The van der Waals surface area contributed by atoms with Crippen molar-refractivity contribution in [3.63, 3.8) is 0 Å². The molecule has 0 fully saturated rings. The quantitative estimate of drug-likeness (QED) is 0.258. The van der Waals surface area contributed by atoms with Crippen molar-refractivity contribution in [1.29, 1.82) is 0 Å². The molecule has 126 valence electrons. The Kier molecular flexibility index (Phi) is 11.9. The van der Waals surface area contributed by atoms with Crippen LogP contribution in [-0.2, 0) is 28.5 Å². The maximum Gasteiger partial charge on any atom is 0.330 e. The van der Waals surface area contributed by atoms with E-state index in [0.717, 1.165) is 12.2 Å². The molecule has 0 saturated heterocycles. The van der Waals surface area contributed by atoms with Crippen LogP contribution in [0, 0.1) is 0 Å². The monoisotopic (exact) mass is 318 g/mol. The average Bonchev–Trinajstić information content (AvgIpc) is 2.53. The minimum Gasteiger partial charge on any atom is -0.460 e. The first-order valence-electron chi connectivity index (χ1n) is 6.59. The van der Waals surface area contributed by atoms with Crippen molar-refractivity contribution in [2.75, 3.05) is 39.6 Å². The Balaban J connectivity index is 3.45. The van der Waals surface area contributed by atoms with E-state index in [0.29, 0.717) is 0 Å². The lowest BCUT2D eigenvalue weighted by atomic mass is 10.4. The molecule has 2 atom stereocenters. The van der Waals surface area contributed by atoms with Crippen LogP contribution in [0.3, 0.4) is 0 Å². The number of rotatable bonds is 13. The number of aliphatic hydroxyl groups is 2. The van der Waals surface area contributed by atoms with Gasteiger partial charge in [0.25, 0.3) is 0 Å². The fourth-order valence-electron chi connectivity index (χ4n) is 1.13. The van der Waals surface area contributed by atoms with Crippen LogP contribution in [0.4, 0.5) is 0 Å². The zero-order valence-corrected chi connectivity index (χ0v) is 12.3. The molecule has 0 radical (unpaired) electrons. The second kappa shape index (κ2) is 13.0. The summed E-state index contributed by atoms with van der Waals surface area (Å²) in [5, 5.41) is 18.8. The number of ether oxygens (including phenoxy) is 4. The van der Waals surface area contributed by atoms with E-state index in [1.54, 1.807) is 0 Å². The maximum atomic E-state index is 10.7. The van der Waals surface area contributed by atoms with E-state index >= 15 is 0 Å². The third-order valence-electron chi connectivity index (χ3n) is 2.16. The van der Waals surface area contributed by atoms with E-state index in [4.69, 9.17) is 9.47 Å². The molecule has 0 aliphatic heterocycles. The third kappa shape index (κ3) is 12.0. The Labute approximate surface area is 128 Å². The lowest BCUT2D eigenvalue weighted by Crippen LogP contribution is -2.26. The van der Waals surface area contributed by atoms with Gasteiger partial charge in [-0.15, -0.1) is 0 Å². The first-order valence-corrected chi connectivity index (χ1v) is 6.59. The summed E-state index contributed by atoms with van der Waals surface area (Å²) in [4.78, 5) is 21.5. The smallest absolute Gasteiger partial charge is 0.330 e. The molecule has 0 rings (SSSR count). The zero-order chi connectivity index (χ0) is 16.8. The average molecular weight is 318 g/mol. The molecule has 0 heterocycles. The number of hydrogen-bond donors (Lipinski definition) is 2.